The van der Waals surface area contributed by atoms with E-state index in [1.165, 1.54) is 16.7 Å². The molecular weight excluding hydrogens is 511 g/mol. The third-order valence-corrected chi connectivity index (χ3v) is 6.32. The van der Waals surface area contributed by atoms with Crippen molar-refractivity contribution in [2.75, 3.05) is 4.90 Å². The highest BCUT2D eigenvalue weighted by atomic mass is 35.6. The lowest BCUT2D eigenvalue weighted by Gasteiger charge is -2.26. The Morgan fingerprint density at radius 3 is 2.38 bits per heavy atom. The molecule has 1 aliphatic heterocycles. The van der Waals surface area contributed by atoms with Gasteiger partial charge in [0.15, 0.2) is 4.32 Å². The number of amides is 2. The molecular formula is C22H19Cl3N2O3S2. The van der Waals surface area contributed by atoms with Gasteiger partial charge in [0.25, 0.3) is 5.91 Å². The summed E-state index contributed by atoms with van der Waals surface area (Å²) < 4.78 is 4.27. The molecule has 5 nitrogen and oxygen atoms in total. The maximum Gasteiger partial charge on any atom is 0.270 e. The lowest BCUT2D eigenvalue weighted by atomic mass is 10.2. The minimum Gasteiger partial charge on any atom is -0.466 e. The fourth-order valence-electron chi connectivity index (χ4n) is 2.74. The molecule has 32 heavy (non-hydrogen) atoms. The number of nitrogens with one attached hydrogen (secondary N) is 1. The number of carbonyl (C=O) groups excluding carboxylic acids is 2. The van der Waals surface area contributed by atoms with Crippen LogP contribution in [0.3, 0.4) is 0 Å². The predicted octanol–water partition coefficient (Wildman–Crippen LogP) is 6.00. The van der Waals surface area contributed by atoms with Crippen LogP contribution in [-0.2, 0) is 9.59 Å². The molecule has 1 saturated heterocycles. The minimum atomic E-state index is -1.85. The van der Waals surface area contributed by atoms with Crippen molar-refractivity contribution in [1.29, 1.82) is 0 Å². The van der Waals surface area contributed by atoms with Crippen molar-refractivity contribution < 1.29 is 14.3 Å². The van der Waals surface area contributed by atoms with E-state index in [0.717, 1.165) is 16.8 Å². The maximum absolute atomic E-state index is 12.9. The SMILES string of the molecule is CCC(=O)N[C@H](Oc1ccc(/C=C2\SC(=S)N(c3ccc(C)cc3)C2=O)cc1)C(Cl)(Cl)Cl. The molecule has 168 valence electrons. The summed E-state index contributed by atoms with van der Waals surface area (Å²) in [7, 11) is 0. The van der Waals surface area contributed by atoms with E-state index in [2.05, 4.69) is 5.32 Å². The van der Waals surface area contributed by atoms with Gasteiger partial charge < -0.3 is 10.1 Å². The van der Waals surface area contributed by atoms with Gasteiger partial charge in [0.2, 0.25) is 15.9 Å². The molecule has 10 heteroatoms. The lowest BCUT2D eigenvalue weighted by Crippen LogP contribution is -2.47. The van der Waals surface area contributed by atoms with Crippen LogP contribution >= 0.6 is 58.8 Å². The number of ether oxygens (including phenoxy) is 1. The van der Waals surface area contributed by atoms with Gasteiger partial charge in [-0.1, -0.05) is 95.5 Å². The van der Waals surface area contributed by atoms with Gasteiger partial charge in [0.1, 0.15) is 5.75 Å². The molecule has 2 amide bonds. The number of anilines is 1. The highest BCUT2D eigenvalue weighted by Gasteiger charge is 2.36. The lowest BCUT2D eigenvalue weighted by molar-refractivity contribution is -0.123. The minimum absolute atomic E-state index is 0.178. The van der Waals surface area contributed by atoms with E-state index < -0.39 is 10.0 Å². The van der Waals surface area contributed by atoms with Crippen molar-refractivity contribution in [3.8, 4) is 5.75 Å². The summed E-state index contributed by atoms with van der Waals surface area (Å²) in [4.78, 5) is 26.6. The van der Waals surface area contributed by atoms with Gasteiger partial charge in [-0.2, -0.15) is 0 Å². The third kappa shape index (κ3) is 6.17. The summed E-state index contributed by atoms with van der Waals surface area (Å²) in [6.07, 6.45) is 0.819. The fraction of sp³-hybridized carbons (Fsp3) is 0.227. The number of hydrogen-bond acceptors (Lipinski definition) is 5. The second-order valence-electron chi connectivity index (χ2n) is 6.88. The highest BCUT2D eigenvalue weighted by molar-refractivity contribution is 8.27. The molecule has 0 aliphatic carbocycles. The normalized spacial score (nSPS) is 16.4. The molecule has 0 unspecified atom stereocenters. The molecule has 1 fully saturated rings. The first-order chi connectivity index (χ1) is 15.1. The predicted molar refractivity (Wildman–Crippen MR) is 136 cm³/mol. The molecule has 0 bridgehead atoms. The number of benzene rings is 2. The Balaban J connectivity index is 1.74. The zero-order valence-corrected chi connectivity index (χ0v) is 21.0. The van der Waals surface area contributed by atoms with Gasteiger partial charge in [-0.15, -0.1) is 0 Å². The number of aryl methyl sites for hydroxylation is 1. The van der Waals surface area contributed by atoms with E-state index in [1.807, 2.05) is 31.2 Å². The van der Waals surface area contributed by atoms with Gasteiger partial charge >= 0.3 is 0 Å². The average molecular weight is 530 g/mol. The summed E-state index contributed by atoms with van der Waals surface area (Å²) in [6.45, 7) is 3.66. The van der Waals surface area contributed by atoms with Crippen molar-refractivity contribution in [2.45, 2.75) is 30.3 Å². The number of alkyl halides is 3. The van der Waals surface area contributed by atoms with Gasteiger partial charge in [0, 0.05) is 6.42 Å². The van der Waals surface area contributed by atoms with E-state index >= 15 is 0 Å². The van der Waals surface area contributed by atoms with E-state index in [9.17, 15) is 9.59 Å². The second kappa shape index (κ2) is 10.4. The summed E-state index contributed by atoms with van der Waals surface area (Å²) in [5.41, 5.74) is 2.60. The van der Waals surface area contributed by atoms with Crippen LogP contribution in [-0.4, -0.2) is 26.2 Å². The number of hydrogen-bond donors (Lipinski definition) is 1. The molecule has 0 saturated carbocycles. The Bertz CT molecular complexity index is 1050. The van der Waals surface area contributed by atoms with Crippen LogP contribution in [0.5, 0.6) is 5.75 Å². The molecule has 2 aromatic carbocycles. The molecule has 0 aromatic heterocycles. The Labute approximate surface area is 211 Å². The van der Waals surface area contributed by atoms with Gasteiger partial charge in [0.05, 0.1) is 10.6 Å². The van der Waals surface area contributed by atoms with E-state index in [4.69, 9.17) is 51.8 Å². The molecule has 1 N–H and O–H groups in total. The summed E-state index contributed by atoms with van der Waals surface area (Å²) in [6, 6.07) is 14.4. The van der Waals surface area contributed by atoms with Crippen LogP contribution in [0.25, 0.3) is 6.08 Å². The van der Waals surface area contributed by atoms with Crippen LogP contribution in [0.15, 0.2) is 53.4 Å². The number of thioether (sulfide) groups is 1. The molecule has 1 atom stereocenters. The Morgan fingerprint density at radius 2 is 1.81 bits per heavy atom. The monoisotopic (exact) mass is 528 g/mol. The van der Waals surface area contributed by atoms with Crippen molar-refractivity contribution in [1.82, 2.24) is 5.32 Å². The van der Waals surface area contributed by atoms with Crippen molar-refractivity contribution in [2.24, 2.45) is 0 Å². The first-order valence-electron chi connectivity index (χ1n) is 9.56. The summed E-state index contributed by atoms with van der Waals surface area (Å²) in [5, 5.41) is 2.53. The van der Waals surface area contributed by atoms with Crippen LogP contribution in [0.4, 0.5) is 5.69 Å². The van der Waals surface area contributed by atoms with E-state index in [1.54, 1.807) is 37.3 Å². The van der Waals surface area contributed by atoms with Crippen molar-refractivity contribution >= 4 is 86.7 Å². The second-order valence-corrected chi connectivity index (χ2v) is 10.9. The molecule has 3 rings (SSSR count). The third-order valence-electron chi connectivity index (χ3n) is 4.43. The van der Waals surface area contributed by atoms with Crippen LogP contribution in [0.1, 0.15) is 24.5 Å². The quantitative estimate of drug-likeness (QED) is 0.215. The largest absolute Gasteiger partial charge is 0.466 e. The topological polar surface area (TPSA) is 58.6 Å². The first-order valence-corrected chi connectivity index (χ1v) is 11.9. The molecule has 0 radical (unpaired) electrons. The molecule has 1 heterocycles. The van der Waals surface area contributed by atoms with Gasteiger partial charge in [-0.05, 0) is 42.8 Å². The average Bonchev–Trinajstić information content (AvgIpc) is 3.01. The molecule has 1 aliphatic rings. The number of halogens is 3. The van der Waals surface area contributed by atoms with Crippen LogP contribution in [0.2, 0.25) is 0 Å². The molecule has 0 spiro atoms. The van der Waals surface area contributed by atoms with Crippen LogP contribution in [0, 0.1) is 6.92 Å². The zero-order valence-electron chi connectivity index (χ0n) is 17.1. The Morgan fingerprint density at radius 1 is 1.19 bits per heavy atom. The molecule has 2 aromatic rings. The smallest absolute Gasteiger partial charge is 0.270 e. The highest BCUT2D eigenvalue weighted by Crippen LogP contribution is 2.36. The van der Waals surface area contributed by atoms with Gasteiger partial charge in [-0.25, -0.2) is 0 Å². The zero-order chi connectivity index (χ0) is 23.5. The standard InChI is InChI=1S/C22H19Cl3N2O3S2/c1-3-18(28)26-20(22(23,24)25)30-16-10-6-14(7-11-16)12-17-19(29)27(21(31)32-17)15-8-4-13(2)5-9-15/h4-12,20H,3H2,1-2H3,(H,26,28)/b17-12-/t20-/m1/s1. The van der Waals surface area contributed by atoms with E-state index in [0.29, 0.717) is 15.0 Å². The number of thiocarbonyl (C=S) groups is 1. The summed E-state index contributed by atoms with van der Waals surface area (Å²) in [5.74, 6) is -0.0987. The van der Waals surface area contributed by atoms with E-state index in [-0.39, 0.29) is 18.2 Å². The fourth-order valence-corrected chi connectivity index (χ4v) is 4.34. The Kier molecular flexibility index (Phi) is 8.11. The number of rotatable bonds is 6. The first kappa shape index (κ1) is 24.9. The maximum atomic E-state index is 12.9. The van der Waals surface area contributed by atoms with Crippen molar-refractivity contribution in [3.05, 3.63) is 64.6 Å². The van der Waals surface area contributed by atoms with Crippen LogP contribution < -0.4 is 15.0 Å². The number of nitrogens with zero attached hydrogens (tertiary/aromatic N) is 1. The van der Waals surface area contributed by atoms with Crippen molar-refractivity contribution in [3.63, 3.8) is 0 Å². The summed E-state index contributed by atoms with van der Waals surface area (Å²) >= 11 is 24.4. The van der Waals surface area contributed by atoms with Gasteiger partial charge in [-0.3, -0.25) is 14.5 Å². The Hall–Kier alpha value is -1.77. The number of carbonyl (C=O) groups is 2.